The summed E-state index contributed by atoms with van der Waals surface area (Å²) in [5.41, 5.74) is 2.69. The first-order valence-electron chi connectivity index (χ1n) is 8.95. The van der Waals surface area contributed by atoms with Crippen LogP contribution in [-0.4, -0.2) is 33.9 Å². The second kappa shape index (κ2) is 6.56. The van der Waals surface area contributed by atoms with Crippen molar-refractivity contribution < 1.29 is 19.4 Å². The molecule has 4 aromatic rings. The average molecular weight is 385 g/mol. The Morgan fingerprint density at radius 3 is 2.34 bits per heavy atom. The maximum atomic E-state index is 12.5. The number of benzene rings is 2. The van der Waals surface area contributed by atoms with E-state index in [1.54, 1.807) is 30.6 Å². The molecule has 1 unspecified atom stereocenters. The molecule has 0 fully saturated rings. The fourth-order valence-electron chi connectivity index (χ4n) is 3.53. The summed E-state index contributed by atoms with van der Waals surface area (Å²) in [7, 11) is 1.30. The molecule has 1 aliphatic rings. The Morgan fingerprint density at radius 1 is 1.00 bits per heavy atom. The fraction of sp³-hybridized carbons (Fsp3) is 0.0909. The van der Waals surface area contributed by atoms with E-state index in [4.69, 9.17) is 9.47 Å². The van der Waals surface area contributed by atoms with Crippen molar-refractivity contribution in [3.05, 3.63) is 66.5 Å². The van der Waals surface area contributed by atoms with Crippen LogP contribution >= 0.6 is 0 Å². The zero-order valence-corrected chi connectivity index (χ0v) is 15.4. The van der Waals surface area contributed by atoms with Gasteiger partial charge < -0.3 is 14.6 Å². The van der Waals surface area contributed by atoms with Crippen molar-refractivity contribution in [1.29, 1.82) is 0 Å². The van der Waals surface area contributed by atoms with Crippen LogP contribution in [0.25, 0.3) is 21.8 Å². The topological polar surface area (TPSA) is 93.9 Å². The average Bonchev–Trinajstić information content (AvgIpc) is 2.78. The van der Waals surface area contributed by atoms with Gasteiger partial charge in [0.1, 0.15) is 17.0 Å². The van der Waals surface area contributed by atoms with Crippen LogP contribution in [0, 0.1) is 0 Å². The van der Waals surface area contributed by atoms with Crippen molar-refractivity contribution in [2.24, 2.45) is 4.99 Å². The van der Waals surface area contributed by atoms with Crippen LogP contribution in [0.5, 0.6) is 11.5 Å². The van der Waals surface area contributed by atoms with Gasteiger partial charge in [0, 0.05) is 23.2 Å². The van der Waals surface area contributed by atoms with Crippen LogP contribution in [0.15, 0.2) is 65.9 Å². The quantitative estimate of drug-likeness (QED) is 0.416. The predicted molar refractivity (Wildman–Crippen MR) is 108 cm³/mol. The molecule has 1 atom stereocenters. The van der Waals surface area contributed by atoms with Gasteiger partial charge in [0.25, 0.3) is 0 Å². The molecule has 2 aromatic heterocycles. The number of aliphatic imine (C=N–C) groups is 1. The van der Waals surface area contributed by atoms with Crippen molar-refractivity contribution in [2.75, 3.05) is 7.11 Å². The highest BCUT2D eigenvalue weighted by Gasteiger charge is 2.34. The highest BCUT2D eigenvalue weighted by Crippen LogP contribution is 2.47. The second-order valence-corrected chi connectivity index (χ2v) is 6.55. The summed E-state index contributed by atoms with van der Waals surface area (Å²) < 4.78 is 11.3. The standard InChI is InChI=1S/C22H15N3O4/c1-28-22(27)19-20(12-6-8-13(26)9-7-12)29-21-15-5-3-11-24-17(15)16-14(18(21)25-19)4-2-10-23-16/h2-11,20,26H,1H3. The van der Waals surface area contributed by atoms with E-state index in [0.717, 1.165) is 10.8 Å². The SMILES string of the molecule is COC(=O)C1=Nc2c(c3cccnc3c3ncccc23)OC1c1ccc(O)cc1. The molecule has 0 bridgehead atoms. The van der Waals surface area contributed by atoms with Crippen molar-refractivity contribution >= 4 is 39.2 Å². The van der Waals surface area contributed by atoms with Crippen LogP contribution in [0.4, 0.5) is 5.69 Å². The lowest BCUT2D eigenvalue weighted by Crippen LogP contribution is -2.29. The summed E-state index contributed by atoms with van der Waals surface area (Å²) in [6, 6.07) is 13.8. The lowest BCUT2D eigenvalue weighted by Gasteiger charge is -2.27. The zero-order chi connectivity index (χ0) is 20.0. The summed E-state index contributed by atoms with van der Waals surface area (Å²) in [6.07, 6.45) is 2.61. The van der Waals surface area contributed by atoms with Gasteiger partial charge in [0.05, 0.1) is 12.6 Å². The number of carbonyl (C=O) groups is 1. The van der Waals surface area contributed by atoms with Crippen LogP contribution in [-0.2, 0) is 9.53 Å². The number of fused-ring (bicyclic) bond motifs is 6. The molecule has 0 saturated carbocycles. The molecule has 142 valence electrons. The van der Waals surface area contributed by atoms with E-state index in [1.807, 2.05) is 18.2 Å². The van der Waals surface area contributed by atoms with Gasteiger partial charge in [-0.05, 0) is 42.0 Å². The van der Waals surface area contributed by atoms with Crippen molar-refractivity contribution in [3.8, 4) is 11.5 Å². The number of esters is 1. The Kier molecular flexibility index (Phi) is 3.87. The highest BCUT2D eigenvalue weighted by atomic mass is 16.5. The maximum Gasteiger partial charge on any atom is 0.356 e. The second-order valence-electron chi connectivity index (χ2n) is 6.55. The molecule has 3 heterocycles. The van der Waals surface area contributed by atoms with Crippen molar-refractivity contribution in [2.45, 2.75) is 6.10 Å². The molecule has 0 radical (unpaired) electrons. The van der Waals surface area contributed by atoms with Crippen molar-refractivity contribution in [1.82, 2.24) is 9.97 Å². The minimum absolute atomic E-state index is 0.119. The monoisotopic (exact) mass is 385 g/mol. The first kappa shape index (κ1) is 17.1. The van der Waals surface area contributed by atoms with Gasteiger partial charge in [0.2, 0.25) is 0 Å². The largest absolute Gasteiger partial charge is 0.508 e. The molecule has 0 amide bonds. The molecular weight excluding hydrogens is 370 g/mol. The third kappa shape index (κ3) is 2.67. The minimum atomic E-state index is -0.784. The van der Waals surface area contributed by atoms with Crippen LogP contribution in [0.1, 0.15) is 11.7 Å². The van der Waals surface area contributed by atoms with Crippen LogP contribution in [0.2, 0.25) is 0 Å². The molecule has 2 aromatic carbocycles. The minimum Gasteiger partial charge on any atom is -0.508 e. The van der Waals surface area contributed by atoms with E-state index in [1.165, 1.54) is 19.2 Å². The molecule has 0 aliphatic carbocycles. The van der Waals surface area contributed by atoms with E-state index in [2.05, 4.69) is 15.0 Å². The molecule has 1 N–H and O–H groups in total. The number of phenolic OH excluding ortho intramolecular Hbond substituents is 1. The fourth-order valence-corrected chi connectivity index (χ4v) is 3.53. The van der Waals surface area contributed by atoms with Gasteiger partial charge in [-0.25, -0.2) is 9.79 Å². The number of pyridine rings is 2. The Morgan fingerprint density at radius 2 is 1.66 bits per heavy atom. The number of aromatic hydroxyl groups is 1. The summed E-state index contributed by atoms with van der Waals surface area (Å²) in [6.45, 7) is 0. The van der Waals surface area contributed by atoms with Gasteiger partial charge in [-0.1, -0.05) is 12.1 Å². The molecule has 7 heteroatoms. The van der Waals surface area contributed by atoms with Gasteiger partial charge in [-0.2, -0.15) is 0 Å². The Hall–Kier alpha value is -4.00. The third-order valence-corrected chi connectivity index (χ3v) is 4.86. The molecular formula is C22H15N3O4. The van der Waals surface area contributed by atoms with E-state index in [0.29, 0.717) is 28.0 Å². The Bertz CT molecular complexity index is 1300. The van der Waals surface area contributed by atoms with Crippen LogP contribution < -0.4 is 4.74 Å². The number of methoxy groups -OCH3 is 1. The van der Waals surface area contributed by atoms with E-state index in [-0.39, 0.29) is 11.5 Å². The number of rotatable bonds is 2. The predicted octanol–water partition coefficient (Wildman–Crippen LogP) is 3.87. The Balaban J connectivity index is 1.83. The van der Waals surface area contributed by atoms with Crippen molar-refractivity contribution in [3.63, 3.8) is 0 Å². The molecule has 29 heavy (non-hydrogen) atoms. The highest BCUT2D eigenvalue weighted by molar-refractivity contribution is 6.39. The number of phenols is 1. The molecule has 5 rings (SSSR count). The third-order valence-electron chi connectivity index (χ3n) is 4.86. The lowest BCUT2D eigenvalue weighted by atomic mass is 10.0. The smallest absolute Gasteiger partial charge is 0.356 e. The molecule has 0 saturated heterocycles. The normalized spacial score (nSPS) is 15.5. The van der Waals surface area contributed by atoms with Gasteiger partial charge in [0.15, 0.2) is 17.6 Å². The van der Waals surface area contributed by atoms with Crippen LogP contribution in [0.3, 0.4) is 0 Å². The van der Waals surface area contributed by atoms with Gasteiger partial charge in [-0.15, -0.1) is 0 Å². The number of nitrogens with zero attached hydrogens (tertiary/aromatic N) is 3. The van der Waals surface area contributed by atoms with Gasteiger partial charge >= 0.3 is 5.97 Å². The first-order chi connectivity index (χ1) is 14.2. The summed E-state index contributed by atoms with van der Waals surface area (Å²) in [5, 5.41) is 11.1. The Labute approximate surface area is 165 Å². The van der Waals surface area contributed by atoms with E-state index >= 15 is 0 Å². The number of ether oxygens (including phenoxy) is 2. The maximum absolute atomic E-state index is 12.5. The molecule has 7 nitrogen and oxygen atoms in total. The molecule has 0 spiro atoms. The van der Waals surface area contributed by atoms with E-state index < -0.39 is 12.1 Å². The summed E-state index contributed by atoms with van der Waals surface area (Å²) in [5.74, 6) is 0.0598. The zero-order valence-electron chi connectivity index (χ0n) is 15.4. The molecule has 1 aliphatic heterocycles. The van der Waals surface area contributed by atoms with Gasteiger partial charge in [-0.3, -0.25) is 9.97 Å². The summed E-state index contributed by atoms with van der Waals surface area (Å²) >= 11 is 0. The van der Waals surface area contributed by atoms with E-state index in [9.17, 15) is 9.90 Å². The lowest BCUT2D eigenvalue weighted by molar-refractivity contribution is -0.133. The summed E-state index contributed by atoms with van der Waals surface area (Å²) in [4.78, 5) is 26.1. The number of hydrogen-bond acceptors (Lipinski definition) is 7. The first-order valence-corrected chi connectivity index (χ1v) is 8.95. The number of aromatic nitrogens is 2. The number of hydrogen-bond donors (Lipinski definition) is 1. The number of carbonyl (C=O) groups excluding carboxylic acids is 1.